The number of cyclic esters (lactones) is 1. The van der Waals surface area contributed by atoms with Crippen molar-refractivity contribution in [1.29, 1.82) is 0 Å². The molecule has 0 spiro atoms. The highest BCUT2D eigenvalue weighted by atomic mass is 19.4. The Kier molecular flexibility index (Phi) is 9.67. The van der Waals surface area contributed by atoms with E-state index in [4.69, 9.17) is 9.47 Å². The van der Waals surface area contributed by atoms with E-state index in [0.29, 0.717) is 42.5 Å². The molecule has 51 heavy (non-hydrogen) atoms. The summed E-state index contributed by atoms with van der Waals surface area (Å²) in [6.07, 6.45) is -16.3. The summed E-state index contributed by atoms with van der Waals surface area (Å²) >= 11 is 0. The maximum absolute atomic E-state index is 14.4. The van der Waals surface area contributed by atoms with E-state index < -0.39 is 65.0 Å². The van der Waals surface area contributed by atoms with E-state index in [9.17, 15) is 54.2 Å². The van der Waals surface area contributed by atoms with Crippen molar-refractivity contribution in [2.75, 3.05) is 13.7 Å². The van der Waals surface area contributed by atoms with Crippen molar-refractivity contribution in [3.63, 3.8) is 0 Å². The number of hydrogen-bond donors (Lipinski definition) is 1. The number of nitrogens with zero attached hydrogens (tertiary/aromatic N) is 1. The first kappa shape index (κ1) is 37.6. The van der Waals surface area contributed by atoms with E-state index in [1.54, 1.807) is 0 Å². The molecule has 274 valence electrons. The number of carbonyl (C=O) groups excluding carboxylic acids is 1. The molecule has 5 rings (SSSR count). The van der Waals surface area contributed by atoms with Crippen molar-refractivity contribution in [3.8, 4) is 16.9 Å². The lowest BCUT2D eigenvalue weighted by Crippen LogP contribution is -2.35. The fourth-order valence-corrected chi connectivity index (χ4v) is 6.65. The summed E-state index contributed by atoms with van der Waals surface area (Å²) in [5.74, 6) is -1.39. The smallest absolute Gasteiger partial charge is 0.417 e. The third-order valence-corrected chi connectivity index (χ3v) is 9.28. The first-order chi connectivity index (χ1) is 23.5. The molecular weight excluding hydrogens is 697 g/mol. The lowest BCUT2D eigenvalue weighted by atomic mass is 9.72. The van der Waals surface area contributed by atoms with Gasteiger partial charge >= 0.3 is 30.6 Å². The molecule has 1 N–H and O–H groups in total. The molecule has 2 atom stereocenters. The van der Waals surface area contributed by atoms with Crippen LogP contribution in [-0.2, 0) is 23.3 Å². The van der Waals surface area contributed by atoms with Crippen LogP contribution in [0.4, 0.5) is 44.3 Å². The van der Waals surface area contributed by atoms with Gasteiger partial charge in [-0.15, -0.1) is 0 Å². The molecule has 0 radical (unpaired) electrons. The highest BCUT2D eigenvalue weighted by Gasteiger charge is 2.44. The van der Waals surface area contributed by atoms with Crippen molar-refractivity contribution in [3.05, 3.63) is 93.6 Å². The molecule has 1 heterocycles. The lowest BCUT2D eigenvalue weighted by Gasteiger charge is -2.36. The topological polar surface area (TPSA) is 76.1 Å². The molecule has 0 bridgehead atoms. The fraction of sp³-hybridized carbons (Fsp3) is 0.389. The molecule has 3 aromatic rings. The molecule has 6 nitrogen and oxygen atoms in total. The van der Waals surface area contributed by atoms with Crippen molar-refractivity contribution >= 4 is 17.6 Å². The number of rotatable bonds is 7. The third kappa shape index (κ3) is 7.81. The molecule has 1 unspecified atom stereocenters. The summed E-state index contributed by atoms with van der Waals surface area (Å²) in [5.41, 5.74) is -3.92. The Morgan fingerprint density at radius 1 is 0.902 bits per heavy atom. The SMILES string of the molecule is COc1cc(C(F)(F)F)c(-c2ccc(C(=O)O)cc2)cc1C1=C(CN2C(=O)O[C@H](c3cc(C(F)(F)F)cc(C(F)(F)F)c3)C2C)CC(C)(C)CC1. The summed E-state index contributed by atoms with van der Waals surface area (Å²) in [6.45, 7) is 5.13. The first-order valence-electron chi connectivity index (χ1n) is 15.6. The summed E-state index contributed by atoms with van der Waals surface area (Å²) in [5, 5.41) is 9.28. The average molecular weight is 730 g/mol. The number of carboxylic acid groups (broad SMARTS) is 1. The Morgan fingerprint density at radius 3 is 2.00 bits per heavy atom. The number of alkyl halides is 9. The molecule has 1 fully saturated rings. The van der Waals surface area contributed by atoms with E-state index in [-0.39, 0.29) is 46.0 Å². The van der Waals surface area contributed by atoms with Crippen LogP contribution in [0.25, 0.3) is 16.7 Å². The zero-order valence-electron chi connectivity index (χ0n) is 27.6. The number of halogens is 9. The highest BCUT2D eigenvalue weighted by molar-refractivity contribution is 5.89. The second-order valence-electron chi connectivity index (χ2n) is 13.4. The van der Waals surface area contributed by atoms with Gasteiger partial charge in [-0.3, -0.25) is 4.90 Å². The first-order valence-corrected chi connectivity index (χ1v) is 15.6. The molecular formula is C36H32F9NO5. The number of carbonyl (C=O) groups is 2. The Hall–Kier alpha value is -4.69. The standard InChI is InChI=1S/C36H32F9NO5/c1-18-30(21-11-23(34(37,38)39)13-24(12-21)35(40,41)42)51-32(49)46(18)17-22-16-33(2,3)10-9-25(22)27-14-26(19-5-7-20(8-6-19)31(47)48)28(36(43,44)45)15-29(27)50-4/h5-8,11-15,18,30H,9-10,16-17H2,1-4H3,(H,47,48)/t18?,30-/m0/s1. The van der Waals surface area contributed by atoms with E-state index >= 15 is 0 Å². The summed E-state index contributed by atoms with van der Waals surface area (Å²) in [4.78, 5) is 25.8. The molecule has 0 aromatic heterocycles. The molecule has 0 saturated carbocycles. The number of methoxy groups -OCH3 is 1. The minimum absolute atomic E-state index is 0.0177. The van der Waals surface area contributed by atoms with Gasteiger partial charge in [0.15, 0.2) is 0 Å². The van der Waals surface area contributed by atoms with Crippen LogP contribution in [0.5, 0.6) is 5.75 Å². The largest absolute Gasteiger partial charge is 0.496 e. The van der Waals surface area contributed by atoms with Crippen LogP contribution in [0, 0.1) is 5.41 Å². The number of benzene rings is 3. The number of allylic oxidation sites excluding steroid dienone is 1. The minimum Gasteiger partial charge on any atom is -0.496 e. The second kappa shape index (κ2) is 13.1. The Morgan fingerprint density at radius 2 is 1.49 bits per heavy atom. The fourth-order valence-electron chi connectivity index (χ4n) is 6.65. The molecule has 2 aliphatic rings. The normalized spacial score (nSPS) is 19.7. The molecule has 1 aliphatic heterocycles. The van der Waals surface area contributed by atoms with Crippen LogP contribution in [0.15, 0.2) is 60.2 Å². The van der Waals surface area contributed by atoms with Crippen molar-refractivity contribution in [1.82, 2.24) is 4.90 Å². The van der Waals surface area contributed by atoms with Gasteiger partial charge in [0.2, 0.25) is 0 Å². The minimum atomic E-state index is -5.12. The molecule has 3 aromatic carbocycles. The number of hydrogen-bond acceptors (Lipinski definition) is 4. The number of aromatic carboxylic acids is 1. The number of carboxylic acids is 1. The van der Waals surface area contributed by atoms with E-state index in [2.05, 4.69) is 0 Å². The van der Waals surface area contributed by atoms with Gasteiger partial charge in [0.1, 0.15) is 11.9 Å². The van der Waals surface area contributed by atoms with Crippen LogP contribution in [0.1, 0.15) is 84.3 Å². The predicted molar refractivity (Wildman–Crippen MR) is 167 cm³/mol. The Balaban J connectivity index is 1.61. The quantitative estimate of drug-likeness (QED) is 0.245. The van der Waals surface area contributed by atoms with Crippen LogP contribution < -0.4 is 4.74 Å². The van der Waals surface area contributed by atoms with Crippen molar-refractivity contribution in [2.45, 2.75) is 70.7 Å². The van der Waals surface area contributed by atoms with Gasteiger partial charge in [0.25, 0.3) is 0 Å². The van der Waals surface area contributed by atoms with Gasteiger partial charge in [0.05, 0.1) is 35.4 Å². The third-order valence-electron chi connectivity index (χ3n) is 9.28. The summed E-state index contributed by atoms with van der Waals surface area (Å²) < 4.78 is 136. The van der Waals surface area contributed by atoms with Gasteiger partial charge in [-0.1, -0.05) is 26.0 Å². The van der Waals surface area contributed by atoms with Crippen LogP contribution in [0.2, 0.25) is 0 Å². The second-order valence-corrected chi connectivity index (χ2v) is 13.4. The Bertz CT molecular complexity index is 1840. The van der Waals surface area contributed by atoms with Crippen LogP contribution in [-0.4, -0.2) is 41.8 Å². The van der Waals surface area contributed by atoms with Crippen molar-refractivity contribution < 1.29 is 63.7 Å². The molecule has 1 amide bonds. The Labute approximate surface area is 286 Å². The van der Waals surface area contributed by atoms with Gasteiger partial charge in [-0.2, -0.15) is 39.5 Å². The zero-order valence-corrected chi connectivity index (χ0v) is 27.6. The summed E-state index contributed by atoms with van der Waals surface area (Å²) in [7, 11) is 1.20. The van der Waals surface area contributed by atoms with Gasteiger partial charge in [-0.05, 0) is 102 Å². The zero-order chi connectivity index (χ0) is 37.8. The van der Waals surface area contributed by atoms with Gasteiger partial charge < -0.3 is 14.6 Å². The summed E-state index contributed by atoms with van der Waals surface area (Å²) in [6, 6.07) is 6.96. The maximum atomic E-state index is 14.4. The maximum Gasteiger partial charge on any atom is 0.417 e. The number of amides is 1. The molecule has 15 heteroatoms. The van der Waals surface area contributed by atoms with Gasteiger partial charge in [-0.25, -0.2) is 9.59 Å². The van der Waals surface area contributed by atoms with E-state index in [0.717, 1.165) is 6.07 Å². The molecule has 1 aliphatic carbocycles. The molecule has 1 saturated heterocycles. The van der Waals surface area contributed by atoms with E-state index in [1.165, 1.54) is 49.3 Å². The lowest BCUT2D eigenvalue weighted by molar-refractivity contribution is -0.143. The highest BCUT2D eigenvalue weighted by Crippen LogP contribution is 2.49. The predicted octanol–water partition coefficient (Wildman–Crippen LogP) is 10.7. The monoisotopic (exact) mass is 729 g/mol. The van der Waals surface area contributed by atoms with Crippen molar-refractivity contribution in [2.24, 2.45) is 5.41 Å². The van der Waals surface area contributed by atoms with Crippen LogP contribution >= 0.6 is 0 Å². The van der Waals surface area contributed by atoms with E-state index in [1.807, 2.05) is 13.8 Å². The van der Waals surface area contributed by atoms with Gasteiger partial charge in [0, 0.05) is 12.1 Å². The average Bonchev–Trinajstić information content (AvgIpc) is 3.31. The number of ether oxygens (including phenoxy) is 2. The van der Waals surface area contributed by atoms with Crippen LogP contribution in [0.3, 0.4) is 0 Å².